The van der Waals surface area contributed by atoms with Crippen LogP contribution in [0.25, 0.3) is 5.69 Å². The van der Waals surface area contributed by atoms with Crippen LogP contribution in [0, 0.1) is 0 Å². The minimum atomic E-state index is -4.70. The Morgan fingerprint density at radius 3 is 2.11 bits per heavy atom. The van der Waals surface area contributed by atoms with E-state index < -0.39 is 28.6 Å². The van der Waals surface area contributed by atoms with Gasteiger partial charge in [0.05, 0.1) is 18.2 Å². The van der Waals surface area contributed by atoms with Crippen LogP contribution < -0.4 is 15.4 Å². The molecule has 1 aromatic heterocycles. The molecule has 2 saturated carbocycles. The van der Waals surface area contributed by atoms with E-state index in [4.69, 9.17) is 10.5 Å². The average molecular weight is 496 g/mol. The average Bonchev–Trinajstić information content (AvgIpc) is 3.78. The second-order valence-electron chi connectivity index (χ2n) is 9.84. The minimum Gasteiger partial charge on any atom is -0.497 e. The lowest BCUT2D eigenvalue weighted by Crippen LogP contribution is -2.44. The molecule has 3 aliphatic rings. The van der Waals surface area contributed by atoms with Crippen LogP contribution in [0.4, 0.5) is 18.9 Å². The standard InChI is InChI=1S/C26H23F3N4O3/c1-36-18-8-6-17(7-9-18)33-20-19(21(31-33)26(27,28)29)24(10-11-24)14-32(22(20)34)16-4-2-15(3-5-16)25(12-13-25)23(30)35/h2-9H,10-14H2,1H3,(H2,30,35). The van der Waals surface area contributed by atoms with E-state index in [1.54, 1.807) is 48.5 Å². The van der Waals surface area contributed by atoms with Gasteiger partial charge in [0.25, 0.3) is 5.91 Å². The van der Waals surface area contributed by atoms with Crippen molar-refractivity contribution in [2.75, 3.05) is 18.6 Å². The number of anilines is 1. The van der Waals surface area contributed by atoms with E-state index in [1.807, 2.05) is 0 Å². The van der Waals surface area contributed by atoms with Gasteiger partial charge in [0.1, 0.15) is 11.4 Å². The Hall–Kier alpha value is -3.82. The second kappa shape index (κ2) is 7.35. The van der Waals surface area contributed by atoms with Crippen molar-refractivity contribution in [3.05, 3.63) is 71.0 Å². The molecule has 0 bridgehead atoms. The highest BCUT2D eigenvalue weighted by Gasteiger charge is 2.58. The van der Waals surface area contributed by atoms with Gasteiger partial charge in [-0.25, -0.2) is 4.68 Å². The summed E-state index contributed by atoms with van der Waals surface area (Å²) in [7, 11) is 1.49. The van der Waals surface area contributed by atoms with Crippen LogP contribution in [-0.2, 0) is 21.8 Å². The number of halogens is 3. The van der Waals surface area contributed by atoms with Crippen LogP contribution in [0.2, 0.25) is 0 Å². The van der Waals surface area contributed by atoms with Crippen molar-refractivity contribution in [1.82, 2.24) is 9.78 Å². The van der Waals surface area contributed by atoms with Crippen LogP contribution in [0.3, 0.4) is 0 Å². The fraction of sp³-hybridized carbons (Fsp3) is 0.346. The van der Waals surface area contributed by atoms with Crippen molar-refractivity contribution < 1.29 is 27.5 Å². The van der Waals surface area contributed by atoms with Crippen molar-refractivity contribution in [1.29, 1.82) is 0 Å². The van der Waals surface area contributed by atoms with Gasteiger partial charge in [-0.05, 0) is 67.6 Å². The summed E-state index contributed by atoms with van der Waals surface area (Å²) in [4.78, 5) is 27.2. The maximum atomic E-state index is 14.1. The predicted octanol–water partition coefficient (Wildman–Crippen LogP) is 4.11. The van der Waals surface area contributed by atoms with Gasteiger partial charge in [0, 0.05) is 23.2 Å². The molecule has 36 heavy (non-hydrogen) atoms. The molecule has 2 aromatic carbocycles. The van der Waals surface area contributed by atoms with E-state index in [0.717, 1.165) is 10.2 Å². The molecule has 2 N–H and O–H groups in total. The quantitative estimate of drug-likeness (QED) is 0.576. The topological polar surface area (TPSA) is 90.5 Å². The molecule has 0 unspecified atom stereocenters. The molecule has 2 aliphatic carbocycles. The molecule has 0 saturated heterocycles. The lowest BCUT2D eigenvalue weighted by molar-refractivity contribution is -0.142. The molecule has 6 rings (SSSR count). The highest BCUT2D eigenvalue weighted by atomic mass is 19.4. The lowest BCUT2D eigenvalue weighted by Gasteiger charge is -2.34. The van der Waals surface area contributed by atoms with Crippen molar-refractivity contribution in [2.45, 2.75) is 42.7 Å². The summed E-state index contributed by atoms with van der Waals surface area (Å²) in [5.41, 5.74) is 4.69. The zero-order valence-corrected chi connectivity index (χ0v) is 19.4. The molecule has 0 atom stereocenters. The van der Waals surface area contributed by atoms with Crippen LogP contribution in [0.5, 0.6) is 5.75 Å². The number of ether oxygens (including phenoxy) is 1. The second-order valence-corrected chi connectivity index (χ2v) is 9.84. The predicted molar refractivity (Wildman–Crippen MR) is 124 cm³/mol. The van der Waals surface area contributed by atoms with E-state index in [1.165, 1.54) is 12.0 Å². The fourth-order valence-corrected chi connectivity index (χ4v) is 5.34. The Morgan fingerprint density at radius 2 is 1.61 bits per heavy atom. The zero-order valence-electron chi connectivity index (χ0n) is 19.4. The van der Waals surface area contributed by atoms with E-state index >= 15 is 0 Å². The number of fused-ring (bicyclic) bond motifs is 2. The Bertz CT molecular complexity index is 1390. The van der Waals surface area contributed by atoms with Crippen molar-refractivity contribution in [2.24, 2.45) is 5.73 Å². The summed E-state index contributed by atoms with van der Waals surface area (Å²) in [6.45, 7) is 0.135. The highest BCUT2D eigenvalue weighted by Crippen LogP contribution is 2.56. The zero-order chi connectivity index (χ0) is 25.5. The largest absolute Gasteiger partial charge is 0.497 e. The van der Waals surface area contributed by atoms with Crippen molar-refractivity contribution >= 4 is 17.5 Å². The third-order valence-electron chi connectivity index (χ3n) is 7.72. The van der Waals surface area contributed by atoms with E-state index in [0.29, 0.717) is 42.8 Å². The highest BCUT2D eigenvalue weighted by molar-refractivity contribution is 6.08. The number of nitrogens with two attached hydrogens (primary N) is 1. The number of rotatable bonds is 5. The molecular weight excluding hydrogens is 473 g/mol. The first-order chi connectivity index (χ1) is 17.1. The number of hydrogen-bond acceptors (Lipinski definition) is 4. The molecule has 186 valence electrons. The van der Waals surface area contributed by atoms with Gasteiger partial charge in [0.15, 0.2) is 5.69 Å². The molecular formula is C26H23F3N4O3. The smallest absolute Gasteiger partial charge is 0.435 e. The summed E-state index contributed by atoms with van der Waals surface area (Å²) >= 11 is 0. The van der Waals surface area contributed by atoms with Crippen LogP contribution in [0.1, 0.15) is 53.0 Å². The normalized spacial score (nSPS) is 19.2. The van der Waals surface area contributed by atoms with E-state index in [9.17, 15) is 22.8 Å². The molecule has 7 nitrogen and oxygen atoms in total. The number of hydrogen-bond donors (Lipinski definition) is 1. The minimum absolute atomic E-state index is 0.0191. The number of carbonyl (C=O) groups is 2. The van der Waals surface area contributed by atoms with Crippen LogP contribution >= 0.6 is 0 Å². The summed E-state index contributed by atoms with van der Waals surface area (Å²) in [6.07, 6.45) is -2.28. The van der Waals surface area contributed by atoms with Gasteiger partial charge >= 0.3 is 6.18 Å². The number of nitrogens with zero attached hydrogens (tertiary/aromatic N) is 3. The number of methoxy groups -OCH3 is 1. The van der Waals surface area contributed by atoms with E-state index in [-0.39, 0.29) is 23.7 Å². The van der Waals surface area contributed by atoms with Gasteiger partial charge in [-0.2, -0.15) is 18.3 Å². The Balaban J connectivity index is 1.46. The molecule has 3 aromatic rings. The molecule has 2 fully saturated rings. The van der Waals surface area contributed by atoms with Crippen LogP contribution in [-0.4, -0.2) is 35.2 Å². The van der Waals surface area contributed by atoms with Gasteiger partial charge in [-0.3, -0.25) is 9.59 Å². The molecule has 1 aliphatic heterocycles. The molecule has 2 heterocycles. The van der Waals surface area contributed by atoms with E-state index in [2.05, 4.69) is 5.10 Å². The first-order valence-corrected chi connectivity index (χ1v) is 11.7. The maximum absolute atomic E-state index is 14.1. The SMILES string of the molecule is COc1ccc(-n2nc(C(F)(F)F)c3c2C(=O)N(c2ccc(C4(C(N)=O)CC4)cc2)CC32CC2)cc1. The number of benzene rings is 2. The maximum Gasteiger partial charge on any atom is 0.435 e. The van der Waals surface area contributed by atoms with Gasteiger partial charge in [-0.1, -0.05) is 12.1 Å². The lowest BCUT2D eigenvalue weighted by atomic mass is 9.87. The van der Waals surface area contributed by atoms with Crippen molar-refractivity contribution in [3.8, 4) is 11.4 Å². The third-order valence-corrected chi connectivity index (χ3v) is 7.72. The molecule has 0 radical (unpaired) electrons. The third kappa shape index (κ3) is 3.23. The summed E-state index contributed by atoms with van der Waals surface area (Å²) < 4.78 is 48.6. The van der Waals surface area contributed by atoms with Crippen LogP contribution in [0.15, 0.2) is 48.5 Å². The van der Waals surface area contributed by atoms with Gasteiger partial charge < -0.3 is 15.4 Å². The first-order valence-electron chi connectivity index (χ1n) is 11.7. The molecule has 2 amide bonds. The number of amides is 2. The van der Waals surface area contributed by atoms with Gasteiger partial charge in [-0.15, -0.1) is 0 Å². The number of alkyl halides is 3. The number of primary amides is 1. The van der Waals surface area contributed by atoms with Crippen molar-refractivity contribution in [3.63, 3.8) is 0 Å². The summed E-state index contributed by atoms with van der Waals surface area (Å²) in [6, 6.07) is 13.4. The Kier molecular flexibility index (Phi) is 4.62. The number of carbonyl (C=O) groups excluding carboxylic acids is 2. The molecule has 10 heteroatoms. The number of aromatic nitrogens is 2. The summed E-state index contributed by atoms with van der Waals surface area (Å²) in [5.74, 6) is -0.397. The summed E-state index contributed by atoms with van der Waals surface area (Å²) in [5, 5.41) is 3.93. The Labute approximate surface area is 204 Å². The molecule has 1 spiro atoms. The van der Waals surface area contributed by atoms with Gasteiger partial charge in [0.2, 0.25) is 5.91 Å². The first kappa shape index (κ1) is 22.6. The fourth-order valence-electron chi connectivity index (χ4n) is 5.34. The monoisotopic (exact) mass is 496 g/mol. The Morgan fingerprint density at radius 1 is 1.00 bits per heavy atom.